The van der Waals surface area contributed by atoms with E-state index in [1.807, 2.05) is 0 Å². The molecule has 6 nitrogen and oxygen atoms in total. The molecule has 0 aliphatic carbocycles. The number of nitrogens with one attached hydrogen (secondary N) is 1. The predicted molar refractivity (Wildman–Crippen MR) is 67.8 cm³/mol. The number of benzene rings is 1. The summed E-state index contributed by atoms with van der Waals surface area (Å²) in [6, 6.07) is 6.68. The summed E-state index contributed by atoms with van der Waals surface area (Å²) in [7, 11) is 0. The second-order valence-electron chi connectivity index (χ2n) is 4.14. The summed E-state index contributed by atoms with van der Waals surface area (Å²) in [5.41, 5.74) is 1.23. The van der Waals surface area contributed by atoms with E-state index in [1.165, 1.54) is 6.92 Å². The summed E-state index contributed by atoms with van der Waals surface area (Å²) >= 11 is 0. The lowest BCUT2D eigenvalue weighted by Gasteiger charge is -2.09. The molecule has 1 amide bonds. The molecule has 1 atom stereocenters. The molecule has 0 saturated carbocycles. The first kappa shape index (κ1) is 14.7. The predicted octanol–water partition coefficient (Wildman–Crippen LogP) is 1.36. The summed E-state index contributed by atoms with van der Waals surface area (Å²) < 4.78 is 0. The van der Waals surface area contributed by atoms with E-state index < -0.39 is 23.8 Å². The van der Waals surface area contributed by atoms with Crippen LogP contribution in [0.15, 0.2) is 24.3 Å². The number of carbonyl (C=O) groups excluding carboxylic acids is 1. The van der Waals surface area contributed by atoms with Gasteiger partial charge in [0.05, 0.1) is 0 Å². The third kappa shape index (κ3) is 4.79. The molecule has 0 heterocycles. The van der Waals surface area contributed by atoms with Crippen molar-refractivity contribution < 1.29 is 24.6 Å². The van der Waals surface area contributed by atoms with Gasteiger partial charge in [0.15, 0.2) is 0 Å². The fourth-order valence-electron chi connectivity index (χ4n) is 1.42. The molecule has 102 valence electrons. The van der Waals surface area contributed by atoms with Crippen LogP contribution in [0.25, 0.3) is 0 Å². The Labute approximate surface area is 110 Å². The van der Waals surface area contributed by atoms with Gasteiger partial charge >= 0.3 is 11.9 Å². The highest BCUT2D eigenvalue weighted by Crippen LogP contribution is 2.13. The van der Waals surface area contributed by atoms with Gasteiger partial charge in [-0.3, -0.25) is 14.4 Å². The molecule has 0 fully saturated rings. The molecule has 0 saturated heterocycles. The van der Waals surface area contributed by atoms with Crippen LogP contribution in [0, 0.1) is 5.92 Å². The Kier molecular flexibility index (Phi) is 5.05. The van der Waals surface area contributed by atoms with E-state index in [4.69, 9.17) is 10.2 Å². The minimum atomic E-state index is -1.19. The van der Waals surface area contributed by atoms with Gasteiger partial charge in [0.1, 0.15) is 5.92 Å². The summed E-state index contributed by atoms with van der Waals surface area (Å²) in [5.74, 6) is -3.83. The average Bonchev–Trinajstić information content (AvgIpc) is 2.35. The van der Waals surface area contributed by atoms with Crippen molar-refractivity contribution in [3.8, 4) is 0 Å². The molecule has 1 rings (SSSR count). The summed E-state index contributed by atoms with van der Waals surface area (Å²) in [6.45, 7) is 1.30. The van der Waals surface area contributed by atoms with Gasteiger partial charge in [0.25, 0.3) is 0 Å². The molecule has 1 aromatic rings. The third-order valence-electron chi connectivity index (χ3n) is 2.59. The molecule has 3 N–H and O–H groups in total. The van der Waals surface area contributed by atoms with Crippen LogP contribution < -0.4 is 5.32 Å². The molecule has 0 aliphatic rings. The minimum absolute atomic E-state index is 0.00291. The second kappa shape index (κ2) is 6.53. The zero-order valence-corrected chi connectivity index (χ0v) is 10.4. The number of anilines is 1. The topological polar surface area (TPSA) is 104 Å². The first-order chi connectivity index (χ1) is 8.90. The van der Waals surface area contributed by atoms with Crippen LogP contribution in [0.2, 0.25) is 0 Å². The van der Waals surface area contributed by atoms with Crippen LogP contribution >= 0.6 is 0 Å². The van der Waals surface area contributed by atoms with Crippen LogP contribution in [0.5, 0.6) is 0 Å². The number of aliphatic carboxylic acids is 2. The number of carboxylic acids is 2. The standard InChI is InChI=1S/C13H15NO5/c1-8(13(18)19)12(17)14-10-4-2-3-9(7-10)5-6-11(15)16/h2-4,7-8H,5-6H2,1H3,(H,14,17)(H,15,16)(H,18,19). The van der Waals surface area contributed by atoms with E-state index in [-0.39, 0.29) is 6.42 Å². The Hall–Kier alpha value is -2.37. The van der Waals surface area contributed by atoms with Crippen molar-refractivity contribution >= 4 is 23.5 Å². The lowest BCUT2D eigenvalue weighted by atomic mass is 10.1. The van der Waals surface area contributed by atoms with E-state index in [0.717, 1.165) is 5.56 Å². The SMILES string of the molecule is CC(C(=O)O)C(=O)Nc1cccc(CCC(=O)O)c1. The molecule has 0 aromatic heterocycles. The van der Waals surface area contributed by atoms with Gasteiger partial charge in [0, 0.05) is 12.1 Å². The normalized spacial score (nSPS) is 11.6. The van der Waals surface area contributed by atoms with Gasteiger partial charge in [-0.2, -0.15) is 0 Å². The molecular formula is C13H15NO5. The van der Waals surface area contributed by atoms with E-state index in [2.05, 4.69) is 5.32 Å². The number of carbonyl (C=O) groups is 3. The smallest absolute Gasteiger partial charge is 0.315 e. The number of hydrogen-bond acceptors (Lipinski definition) is 3. The maximum Gasteiger partial charge on any atom is 0.315 e. The van der Waals surface area contributed by atoms with E-state index in [9.17, 15) is 14.4 Å². The molecule has 19 heavy (non-hydrogen) atoms. The van der Waals surface area contributed by atoms with Crippen molar-refractivity contribution in [2.24, 2.45) is 5.92 Å². The van der Waals surface area contributed by atoms with Gasteiger partial charge < -0.3 is 15.5 Å². The average molecular weight is 265 g/mol. The number of amides is 1. The highest BCUT2D eigenvalue weighted by atomic mass is 16.4. The Morgan fingerprint density at radius 2 is 1.95 bits per heavy atom. The first-order valence-electron chi connectivity index (χ1n) is 5.74. The number of hydrogen-bond donors (Lipinski definition) is 3. The van der Waals surface area contributed by atoms with E-state index in [0.29, 0.717) is 12.1 Å². The zero-order chi connectivity index (χ0) is 14.4. The Balaban J connectivity index is 2.69. The Morgan fingerprint density at radius 1 is 1.26 bits per heavy atom. The van der Waals surface area contributed by atoms with Crippen molar-refractivity contribution in [1.82, 2.24) is 0 Å². The van der Waals surface area contributed by atoms with Crippen molar-refractivity contribution in [2.75, 3.05) is 5.32 Å². The Bertz CT molecular complexity index is 498. The third-order valence-corrected chi connectivity index (χ3v) is 2.59. The molecule has 0 radical (unpaired) electrons. The molecule has 0 spiro atoms. The van der Waals surface area contributed by atoms with Crippen LogP contribution in [-0.2, 0) is 20.8 Å². The lowest BCUT2D eigenvalue weighted by Crippen LogP contribution is -2.26. The van der Waals surface area contributed by atoms with E-state index in [1.54, 1.807) is 24.3 Å². The van der Waals surface area contributed by atoms with Crippen LogP contribution in [0.3, 0.4) is 0 Å². The fraction of sp³-hybridized carbons (Fsp3) is 0.308. The molecule has 1 unspecified atom stereocenters. The number of rotatable bonds is 6. The maximum absolute atomic E-state index is 11.5. The molecule has 0 bridgehead atoms. The second-order valence-corrected chi connectivity index (χ2v) is 4.14. The highest BCUT2D eigenvalue weighted by Gasteiger charge is 2.20. The Morgan fingerprint density at radius 3 is 2.53 bits per heavy atom. The molecular weight excluding hydrogens is 250 g/mol. The number of carboxylic acid groups (broad SMARTS) is 2. The van der Waals surface area contributed by atoms with E-state index >= 15 is 0 Å². The molecule has 0 aliphatic heterocycles. The van der Waals surface area contributed by atoms with Crippen molar-refractivity contribution in [1.29, 1.82) is 0 Å². The summed E-state index contributed by atoms with van der Waals surface area (Å²) in [4.78, 5) is 32.7. The van der Waals surface area contributed by atoms with Gasteiger partial charge in [-0.1, -0.05) is 12.1 Å². The molecule has 6 heteroatoms. The fourth-order valence-corrected chi connectivity index (χ4v) is 1.42. The summed E-state index contributed by atoms with van der Waals surface area (Å²) in [6.07, 6.45) is 0.358. The quantitative estimate of drug-likeness (QED) is 0.674. The van der Waals surface area contributed by atoms with Crippen LogP contribution in [0.1, 0.15) is 18.9 Å². The van der Waals surface area contributed by atoms with Crippen molar-refractivity contribution in [2.45, 2.75) is 19.8 Å². The van der Waals surface area contributed by atoms with Crippen molar-refractivity contribution in [3.63, 3.8) is 0 Å². The summed E-state index contributed by atoms with van der Waals surface area (Å²) in [5, 5.41) is 19.8. The number of aryl methyl sites for hydroxylation is 1. The maximum atomic E-state index is 11.5. The van der Waals surface area contributed by atoms with Crippen LogP contribution in [0.4, 0.5) is 5.69 Å². The largest absolute Gasteiger partial charge is 0.481 e. The monoisotopic (exact) mass is 265 g/mol. The van der Waals surface area contributed by atoms with Crippen molar-refractivity contribution in [3.05, 3.63) is 29.8 Å². The minimum Gasteiger partial charge on any atom is -0.481 e. The van der Waals surface area contributed by atoms with Crippen LogP contribution in [-0.4, -0.2) is 28.1 Å². The highest BCUT2D eigenvalue weighted by molar-refractivity contribution is 6.03. The zero-order valence-electron chi connectivity index (χ0n) is 10.4. The first-order valence-corrected chi connectivity index (χ1v) is 5.74. The van der Waals surface area contributed by atoms with Gasteiger partial charge in [0.2, 0.25) is 5.91 Å². The molecule has 1 aromatic carbocycles. The lowest BCUT2D eigenvalue weighted by molar-refractivity contribution is -0.144. The van der Waals surface area contributed by atoms with Gasteiger partial charge in [-0.25, -0.2) is 0 Å². The van der Waals surface area contributed by atoms with Gasteiger partial charge in [-0.15, -0.1) is 0 Å². The van der Waals surface area contributed by atoms with Gasteiger partial charge in [-0.05, 0) is 31.0 Å².